The Morgan fingerprint density at radius 2 is 1.76 bits per heavy atom. The molecule has 2 aromatic heterocycles. The van der Waals surface area contributed by atoms with Gasteiger partial charge >= 0.3 is 0 Å². The van der Waals surface area contributed by atoms with Crippen LogP contribution in [0, 0.1) is 17.7 Å². The molecule has 1 fully saturated rings. The molecule has 1 aliphatic heterocycles. The smallest absolute Gasteiger partial charge is 0.291 e. The molecule has 2 N–H and O–H groups in total. The van der Waals surface area contributed by atoms with Gasteiger partial charge in [-0.15, -0.1) is 0 Å². The lowest BCUT2D eigenvalue weighted by atomic mass is 10.00. The van der Waals surface area contributed by atoms with Crippen molar-refractivity contribution < 1.29 is 28.1 Å². The van der Waals surface area contributed by atoms with Crippen molar-refractivity contribution in [1.82, 2.24) is 24.3 Å². The maximum Gasteiger partial charge on any atom is 0.291 e. The zero-order valence-corrected chi connectivity index (χ0v) is 27.2. The highest BCUT2D eigenvalue weighted by atomic mass is 35.5. The van der Waals surface area contributed by atoms with Gasteiger partial charge in [0.25, 0.3) is 11.8 Å². The number of pyridine rings is 1. The second-order valence-corrected chi connectivity index (χ2v) is 12.1. The lowest BCUT2D eigenvalue weighted by Crippen LogP contribution is -3.05. The Hall–Kier alpha value is -4.10. The first kappa shape index (κ1) is 33.8. The number of aromatic nitrogens is 3. The Kier molecular flexibility index (Phi) is 10.8. The second-order valence-electron chi connectivity index (χ2n) is 11.7. The predicted molar refractivity (Wildman–Crippen MR) is 169 cm³/mol. The summed E-state index contributed by atoms with van der Waals surface area (Å²) >= 11 is 6.48. The summed E-state index contributed by atoms with van der Waals surface area (Å²) in [5.41, 5.74) is 0.620. The highest BCUT2D eigenvalue weighted by Gasteiger charge is 2.30. The van der Waals surface area contributed by atoms with Crippen molar-refractivity contribution in [3.63, 3.8) is 0 Å². The van der Waals surface area contributed by atoms with Crippen molar-refractivity contribution in [2.24, 2.45) is 13.0 Å². The molecule has 1 aliphatic rings. The molecule has 3 amide bonds. The largest absolute Gasteiger partial charge is 0.360 e. The number of benzene rings is 1. The van der Waals surface area contributed by atoms with Crippen molar-refractivity contribution in [3.8, 4) is 11.3 Å². The average molecular weight is 646 g/mol. The van der Waals surface area contributed by atoms with E-state index in [2.05, 4.69) is 29.4 Å². The molecule has 1 aromatic carbocycles. The van der Waals surface area contributed by atoms with E-state index in [0.717, 1.165) is 25.5 Å². The molecule has 0 spiro atoms. The summed E-state index contributed by atoms with van der Waals surface area (Å²) in [6.45, 7) is 4.66. The third kappa shape index (κ3) is 7.59. The topological polar surface area (TPSA) is 108 Å². The molecular formula is C31H40ClF2N8O3+. The van der Waals surface area contributed by atoms with Crippen LogP contribution in [0.3, 0.4) is 0 Å². The number of rotatable bonds is 10. The zero-order valence-electron chi connectivity index (χ0n) is 26.5. The highest BCUT2D eigenvalue weighted by molar-refractivity contribution is 6.34. The number of amides is 3. The van der Waals surface area contributed by atoms with Crippen LogP contribution in [0.15, 0.2) is 30.5 Å². The van der Waals surface area contributed by atoms with Gasteiger partial charge in [0.1, 0.15) is 0 Å². The number of carbonyl (C=O) groups excluding carboxylic acids is 3. The van der Waals surface area contributed by atoms with Gasteiger partial charge in [-0.1, -0.05) is 18.5 Å². The summed E-state index contributed by atoms with van der Waals surface area (Å²) in [4.78, 5) is 53.3. The molecule has 0 radical (unpaired) electrons. The van der Waals surface area contributed by atoms with E-state index >= 15 is 0 Å². The van der Waals surface area contributed by atoms with Gasteiger partial charge in [-0.2, -0.15) is 9.37 Å². The van der Waals surface area contributed by atoms with Gasteiger partial charge < -0.3 is 29.5 Å². The summed E-state index contributed by atoms with van der Waals surface area (Å²) in [6, 6.07) is 5.57. The summed E-state index contributed by atoms with van der Waals surface area (Å²) in [7, 11) is 8.74. The predicted octanol–water partition coefficient (Wildman–Crippen LogP) is 2.58. The van der Waals surface area contributed by atoms with Gasteiger partial charge in [0.15, 0.2) is 17.5 Å². The summed E-state index contributed by atoms with van der Waals surface area (Å²) < 4.78 is 30.6. The van der Waals surface area contributed by atoms with Crippen LogP contribution in [0.25, 0.3) is 11.3 Å². The van der Waals surface area contributed by atoms with E-state index < -0.39 is 17.7 Å². The normalized spacial score (nSPS) is 14.1. The van der Waals surface area contributed by atoms with E-state index in [-0.39, 0.29) is 51.2 Å². The number of nitrogens with zero attached hydrogens (tertiary/aromatic N) is 6. The molecule has 14 heteroatoms. The van der Waals surface area contributed by atoms with Crippen molar-refractivity contribution in [2.75, 3.05) is 71.1 Å². The van der Waals surface area contributed by atoms with Gasteiger partial charge in [0.2, 0.25) is 11.9 Å². The van der Waals surface area contributed by atoms with E-state index in [4.69, 9.17) is 11.6 Å². The molecule has 1 saturated heterocycles. The molecular weight excluding hydrogens is 606 g/mol. The maximum atomic E-state index is 14.7. The molecule has 0 bridgehead atoms. The van der Waals surface area contributed by atoms with E-state index in [1.807, 2.05) is 11.8 Å². The average Bonchev–Trinajstić information content (AvgIpc) is 3.38. The molecule has 0 aliphatic carbocycles. The number of carbonyl (C=O) groups is 3. The zero-order chi connectivity index (χ0) is 33.0. The number of anilines is 2. The minimum Gasteiger partial charge on any atom is -0.360 e. The van der Waals surface area contributed by atoms with Crippen molar-refractivity contribution in [1.29, 1.82) is 0 Å². The molecule has 3 aromatic rings. The first-order valence-corrected chi connectivity index (χ1v) is 15.2. The van der Waals surface area contributed by atoms with Crippen LogP contribution >= 0.6 is 11.6 Å². The van der Waals surface area contributed by atoms with Gasteiger partial charge in [-0.25, -0.2) is 9.37 Å². The van der Waals surface area contributed by atoms with Gasteiger partial charge in [-0.3, -0.25) is 14.4 Å². The highest BCUT2D eigenvalue weighted by Crippen LogP contribution is 2.28. The monoisotopic (exact) mass is 645 g/mol. The fraction of sp³-hybridized carbons (Fsp3) is 0.452. The number of halogens is 3. The van der Waals surface area contributed by atoms with Crippen molar-refractivity contribution in [2.45, 2.75) is 19.8 Å². The second kappa shape index (κ2) is 14.3. The number of hydrogen-bond donors (Lipinski definition) is 2. The van der Waals surface area contributed by atoms with E-state index in [9.17, 15) is 23.2 Å². The van der Waals surface area contributed by atoms with E-state index in [0.29, 0.717) is 31.9 Å². The Morgan fingerprint density at radius 1 is 1.09 bits per heavy atom. The van der Waals surface area contributed by atoms with E-state index in [1.165, 1.54) is 39.7 Å². The number of nitrogens with one attached hydrogen (secondary N) is 2. The molecule has 11 nitrogen and oxygen atoms in total. The Bertz CT molecular complexity index is 1570. The Morgan fingerprint density at radius 3 is 2.36 bits per heavy atom. The molecule has 1 unspecified atom stereocenters. The number of imidazole rings is 1. The minimum atomic E-state index is -0.902. The SMILES string of the molecule is CCC(CC[NH+](C)C)C(=O)N1CCN(C(=O)c2ccc(NC(=O)c3ncc(-c4cc(F)c(N(C)C)nc4F)n3C)cc2Cl)CC1. The van der Waals surface area contributed by atoms with Crippen LogP contribution in [-0.2, 0) is 11.8 Å². The molecule has 1 atom stereocenters. The number of piperazine rings is 1. The lowest BCUT2D eigenvalue weighted by molar-refractivity contribution is -0.858. The van der Waals surface area contributed by atoms with Crippen molar-refractivity contribution >= 4 is 40.8 Å². The summed E-state index contributed by atoms with van der Waals surface area (Å²) in [5.74, 6) is -2.58. The minimum absolute atomic E-state index is 0.0208. The molecule has 45 heavy (non-hydrogen) atoms. The molecule has 242 valence electrons. The summed E-state index contributed by atoms with van der Waals surface area (Å²) in [5, 5.41) is 2.84. The van der Waals surface area contributed by atoms with Crippen LogP contribution in [-0.4, -0.2) is 103 Å². The van der Waals surface area contributed by atoms with E-state index in [1.54, 1.807) is 25.1 Å². The Labute approximate surface area is 266 Å². The molecule has 0 saturated carbocycles. The van der Waals surface area contributed by atoms with Crippen molar-refractivity contribution in [3.05, 3.63) is 58.6 Å². The quantitative estimate of drug-likeness (QED) is 0.328. The fourth-order valence-electron chi connectivity index (χ4n) is 5.30. The molecule has 3 heterocycles. The van der Waals surface area contributed by atoms with Crippen LogP contribution in [0.1, 0.15) is 40.7 Å². The fourth-order valence-corrected chi connectivity index (χ4v) is 5.56. The standard InChI is InChI=1S/C31H39ClF2N8O3/c1-7-19(10-11-38(2)3)30(44)41-12-14-42(15-13-41)31(45)21-9-8-20(16-23(21)32)36-29(43)28-35-18-25(40(28)6)22-17-24(33)27(39(4)5)37-26(22)34/h8-9,16-19H,7,10-15H2,1-6H3,(H,36,43)/p+1. The number of hydrogen-bond acceptors (Lipinski definition) is 6. The van der Waals surface area contributed by atoms with Crippen LogP contribution in [0.5, 0.6) is 0 Å². The third-order valence-electron chi connectivity index (χ3n) is 7.97. The first-order chi connectivity index (χ1) is 21.3. The first-order valence-electron chi connectivity index (χ1n) is 14.9. The molecule has 4 rings (SSSR count). The summed E-state index contributed by atoms with van der Waals surface area (Å²) in [6.07, 6.45) is 2.88. The number of quaternary nitrogens is 1. The maximum absolute atomic E-state index is 14.7. The van der Waals surface area contributed by atoms with Gasteiger partial charge in [0, 0.05) is 65.3 Å². The third-order valence-corrected chi connectivity index (χ3v) is 8.29. The van der Waals surface area contributed by atoms with Gasteiger partial charge in [0.05, 0.1) is 48.7 Å². The van der Waals surface area contributed by atoms with Gasteiger partial charge in [-0.05, 0) is 30.7 Å². The van der Waals surface area contributed by atoms with Crippen LogP contribution < -0.4 is 15.1 Å². The van der Waals surface area contributed by atoms with Crippen LogP contribution in [0.2, 0.25) is 5.02 Å². The lowest BCUT2D eigenvalue weighted by Gasteiger charge is -2.36. The van der Waals surface area contributed by atoms with Crippen LogP contribution in [0.4, 0.5) is 20.3 Å². The Balaban J connectivity index is 1.39.